The summed E-state index contributed by atoms with van der Waals surface area (Å²) < 4.78 is 0. The number of hydrogen-bond donors (Lipinski definition) is 2. The fourth-order valence-corrected chi connectivity index (χ4v) is 3.74. The molecule has 0 bridgehead atoms. The number of carbonyl (C=O) groups is 2. The fraction of sp³-hybridized carbons (Fsp3) is 0.619. The number of carbonyl (C=O) groups excluding carboxylic acids is 2. The van der Waals surface area contributed by atoms with Crippen molar-refractivity contribution in [1.29, 1.82) is 0 Å². The van der Waals surface area contributed by atoms with Crippen LogP contribution in [0.2, 0.25) is 0 Å². The van der Waals surface area contributed by atoms with Crippen LogP contribution in [0.4, 0.5) is 0 Å². The first-order valence-electron chi connectivity index (χ1n) is 9.84. The van der Waals surface area contributed by atoms with Gasteiger partial charge < -0.3 is 16.0 Å². The first-order valence-corrected chi connectivity index (χ1v) is 9.84. The molecule has 1 heterocycles. The van der Waals surface area contributed by atoms with E-state index in [0.717, 1.165) is 32.4 Å². The van der Waals surface area contributed by atoms with Gasteiger partial charge in [0.25, 0.3) is 0 Å². The molecule has 1 aliphatic rings. The van der Waals surface area contributed by atoms with Crippen molar-refractivity contribution in [2.75, 3.05) is 26.2 Å². The van der Waals surface area contributed by atoms with E-state index in [2.05, 4.69) is 29.6 Å². The van der Waals surface area contributed by atoms with Gasteiger partial charge >= 0.3 is 0 Å². The van der Waals surface area contributed by atoms with Crippen LogP contribution in [0.1, 0.15) is 45.1 Å². The number of hydrogen-bond acceptors (Lipinski definition) is 3. The number of benzene rings is 1. The molecule has 0 unspecified atom stereocenters. The molecule has 2 amide bonds. The summed E-state index contributed by atoms with van der Waals surface area (Å²) >= 11 is 0. The molecule has 1 fully saturated rings. The van der Waals surface area contributed by atoms with E-state index in [-0.39, 0.29) is 30.8 Å². The summed E-state index contributed by atoms with van der Waals surface area (Å²) in [6.07, 6.45) is 4.48. The minimum Gasteiger partial charge on any atom is -0.347 e. The first kappa shape index (κ1) is 23.4. The lowest BCUT2D eigenvalue weighted by Crippen LogP contribution is -2.49. The van der Waals surface area contributed by atoms with Gasteiger partial charge in [-0.05, 0) is 43.6 Å². The van der Waals surface area contributed by atoms with Crippen LogP contribution in [-0.4, -0.2) is 42.9 Å². The largest absolute Gasteiger partial charge is 0.347 e. The minimum absolute atomic E-state index is 0. The van der Waals surface area contributed by atoms with Crippen LogP contribution in [0.5, 0.6) is 0 Å². The predicted molar refractivity (Wildman–Crippen MR) is 112 cm³/mol. The van der Waals surface area contributed by atoms with E-state index in [4.69, 9.17) is 5.73 Å². The number of nitrogens with two attached hydrogens (primary N) is 1. The summed E-state index contributed by atoms with van der Waals surface area (Å²) in [5, 5.41) is 2.81. The van der Waals surface area contributed by atoms with Crippen LogP contribution in [0, 0.1) is 11.3 Å². The maximum atomic E-state index is 12.4. The Morgan fingerprint density at radius 3 is 2.26 bits per heavy atom. The van der Waals surface area contributed by atoms with Crippen LogP contribution in [0.25, 0.3) is 0 Å². The molecule has 0 aliphatic carbocycles. The second-order valence-electron chi connectivity index (χ2n) is 7.39. The smallest absolute Gasteiger partial charge is 0.241 e. The van der Waals surface area contributed by atoms with Gasteiger partial charge in [-0.1, -0.05) is 44.2 Å². The number of nitrogens with one attached hydrogen (secondary N) is 1. The second kappa shape index (κ2) is 11.3. The summed E-state index contributed by atoms with van der Waals surface area (Å²) in [6, 6.07) is 10.5. The third-order valence-corrected chi connectivity index (χ3v) is 5.96. The number of piperidine rings is 1. The topological polar surface area (TPSA) is 75.4 Å². The average molecular weight is 396 g/mol. The van der Waals surface area contributed by atoms with Crippen LogP contribution in [0.3, 0.4) is 0 Å². The lowest BCUT2D eigenvalue weighted by Gasteiger charge is -2.33. The summed E-state index contributed by atoms with van der Waals surface area (Å²) in [4.78, 5) is 26.8. The summed E-state index contributed by atoms with van der Waals surface area (Å²) in [7, 11) is 0. The van der Waals surface area contributed by atoms with Crippen molar-refractivity contribution in [3.05, 3.63) is 35.9 Å². The number of likely N-dealkylation sites (tertiary alicyclic amines) is 1. The molecule has 5 nitrogen and oxygen atoms in total. The lowest BCUT2D eigenvalue weighted by atomic mass is 9.81. The Morgan fingerprint density at radius 2 is 1.74 bits per heavy atom. The predicted octanol–water partition coefficient (Wildman–Crippen LogP) is 2.77. The van der Waals surface area contributed by atoms with Crippen molar-refractivity contribution < 1.29 is 9.59 Å². The maximum absolute atomic E-state index is 12.4. The molecular weight excluding hydrogens is 362 g/mol. The zero-order valence-electron chi connectivity index (χ0n) is 16.6. The SMILES string of the molecule is CCC(CC)(CN)C(=O)NCC(=O)N1CCC(Cc2ccccc2)CC1.Cl. The number of rotatable bonds is 8. The number of amides is 2. The van der Waals surface area contributed by atoms with Gasteiger partial charge in [0.1, 0.15) is 0 Å². The second-order valence-corrected chi connectivity index (χ2v) is 7.39. The lowest BCUT2D eigenvalue weighted by molar-refractivity contribution is -0.137. The van der Waals surface area contributed by atoms with E-state index in [1.54, 1.807) is 0 Å². The van der Waals surface area contributed by atoms with E-state index in [1.807, 2.05) is 24.8 Å². The van der Waals surface area contributed by atoms with E-state index < -0.39 is 5.41 Å². The van der Waals surface area contributed by atoms with Crippen molar-refractivity contribution in [1.82, 2.24) is 10.2 Å². The van der Waals surface area contributed by atoms with Gasteiger partial charge in [0.05, 0.1) is 12.0 Å². The Hall–Kier alpha value is -1.59. The number of halogens is 1. The van der Waals surface area contributed by atoms with Crippen molar-refractivity contribution in [3.8, 4) is 0 Å². The van der Waals surface area contributed by atoms with Crippen molar-refractivity contribution in [3.63, 3.8) is 0 Å². The third-order valence-electron chi connectivity index (χ3n) is 5.96. The molecule has 1 saturated heterocycles. The van der Waals surface area contributed by atoms with Crippen LogP contribution in [0.15, 0.2) is 30.3 Å². The Labute approximate surface area is 169 Å². The molecule has 1 aromatic carbocycles. The fourth-order valence-electron chi connectivity index (χ4n) is 3.74. The van der Waals surface area contributed by atoms with Gasteiger partial charge in [0.15, 0.2) is 0 Å². The first-order chi connectivity index (χ1) is 12.5. The molecule has 27 heavy (non-hydrogen) atoms. The van der Waals surface area contributed by atoms with Crippen molar-refractivity contribution in [2.24, 2.45) is 17.1 Å². The zero-order chi connectivity index (χ0) is 19.0. The Morgan fingerprint density at radius 1 is 1.15 bits per heavy atom. The summed E-state index contributed by atoms with van der Waals surface area (Å²) in [5.74, 6) is 0.535. The minimum atomic E-state index is -0.553. The van der Waals surface area contributed by atoms with Gasteiger partial charge in [-0.2, -0.15) is 0 Å². The third kappa shape index (κ3) is 6.22. The Bertz CT molecular complexity index is 574. The van der Waals surface area contributed by atoms with E-state index in [0.29, 0.717) is 25.3 Å². The molecule has 0 radical (unpaired) electrons. The molecule has 1 aromatic rings. The maximum Gasteiger partial charge on any atom is 0.241 e. The highest BCUT2D eigenvalue weighted by Gasteiger charge is 2.33. The molecule has 1 aliphatic heterocycles. The average Bonchev–Trinajstić information content (AvgIpc) is 2.69. The van der Waals surface area contributed by atoms with E-state index in [1.165, 1.54) is 5.56 Å². The molecule has 0 aromatic heterocycles. The highest BCUT2D eigenvalue weighted by atomic mass is 35.5. The van der Waals surface area contributed by atoms with E-state index >= 15 is 0 Å². The van der Waals surface area contributed by atoms with Gasteiger partial charge in [-0.15, -0.1) is 12.4 Å². The molecule has 0 saturated carbocycles. The monoisotopic (exact) mass is 395 g/mol. The summed E-state index contributed by atoms with van der Waals surface area (Å²) in [6.45, 7) is 5.87. The van der Waals surface area contributed by atoms with Crippen molar-refractivity contribution >= 4 is 24.2 Å². The van der Waals surface area contributed by atoms with Crippen LogP contribution >= 0.6 is 12.4 Å². The normalized spacial score (nSPS) is 15.1. The molecule has 6 heteroatoms. The molecule has 0 spiro atoms. The van der Waals surface area contributed by atoms with E-state index in [9.17, 15) is 9.59 Å². The van der Waals surface area contributed by atoms with Gasteiger partial charge in [0.2, 0.25) is 11.8 Å². The quantitative estimate of drug-likeness (QED) is 0.710. The molecule has 2 rings (SSSR count). The molecule has 152 valence electrons. The molecular formula is C21H34ClN3O2. The van der Waals surface area contributed by atoms with Gasteiger partial charge in [0, 0.05) is 19.6 Å². The Kier molecular flexibility index (Phi) is 9.81. The summed E-state index contributed by atoms with van der Waals surface area (Å²) in [5.41, 5.74) is 6.61. The Balaban J connectivity index is 0.00000364. The van der Waals surface area contributed by atoms with Gasteiger partial charge in [-0.25, -0.2) is 0 Å². The molecule has 0 atom stereocenters. The van der Waals surface area contributed by atoms with Crippen molar-refractivity contribution in [2.45, 2.75) is 46.0 Å². The standard InChI is InChI=1S/C21H33N3O2.ClH/c1-3-21(4-2,16-22)20(26)23-15-19(25)24-12-10-18(11-13-24)14-17-8-6-5-7-9-17;/h5-9,18H,3-4,10-16,22H2,1-2H3,(H,23,26);1H. The number of nitrogens with zero attached hydrogens (tertiary/aromatic N) is 1. The zero-order valence-corrected chi connectivity index (χ0v) is 17.4. The highest BCUT2D eigenvalue weighted by molar-refractivity contribution is 5.88. The van der Waals surface area contributed by atoms with Gasteiger partial charge in [-0.3, -0.25) is 9.59 Å². The molecule has 3 N–H and O–H groups in total. The van der Waals surface area contributed by atoms with Crippen LogP contribution in [-0.2, 0) is 16.0 Å². The van der Waals surface area contributed by atoms with Crippen LogP contribution < -0.4 is 11.1 Å². The highest BCUT2D eigenvalue weighted by Crippen LogP contribution is 2.25.